The highest BCUT2D eigenvalue weighted by atomic mass is 19.4. The first-order valence-electron chi connectivity index (χ1n) is 9.90. The molecule has 2 aromatic rings. The first kappa shape index (κ1) is 22.2. The number of carbonyl (C=O) groups excluding carboxylic acids is 2. The summed E-state index contributed by atoms with van der Waals surface area (Å²) in [7, 11) is 0. The number of ketones is 2. The highest BCUT2D eigenvalue weighted by Crippen LogP contribution is 2.29. The molecule has 8 heteroatoms. The smallest absolute Gasteiger partial charge is 0.355 e. The lowest BCUT2D eigenvalue weighted by atomic mass is 10.1. The molecule has 5 nitrogen and oxygen atoms in total. The molecular formula is C22H26F3N3O2. The zero-order valence-electron chi connectivity index (χ0n) is 17.4. The molecule has 1 N–H and O–H groups in total. The van der Waals surface area contributed by atoms with Crippen LogP contribution < -0.4 is 0 Å². The second-order valence-corrected chi connectivity index (χ2v) is 7.85. The van der Waals surface area contributed by atoms with Crippen LogP contribution in [0.4, 0.5) is 13.2 Å². The topological polar surface area (TPSA) is 56.4 Å². The van der Waals surface area contributed by atoms with E-state index < -0.39 is 11.7 Å². The van der Waals surface area contributed by atoms with E-state index >= 15 is 0 Å². The molecule has 0 bridgehead atoms. The van der Waals surface area contributed by atoms with Crippen molar-refractivity contribution in [3.05, 3.63) is 57.9 Å². The number of nitrogens with zero attached hydrogens (tertiary/aromatic N) is 2. The van der Waals surface area contributed by atoms with Gasteiger partial charge in [-0.25, -0.2) is 0 Å². The molecule has 1 aromatic carbocycles. The average Bonchev–Trinajstić information content (AvgIpc) is 2.97. The fourth-order valence-electron chi connectivity index (χ4n) is 4.05. The van der Waals surface area contributed by atoms with E-state index in [-0.39, 0.29) is 18.1 Å². The summed E-state index contributed by atoms with van der Waals surface area (Å²) in [5.74, 6) is -0.127. The molecule has 0 aliphatic carbocycles. The van der Waals surface area contributed by atoms with Crippen LogP contribution in [-0.2, 0) is 12.7 Å². The summed E-state index contributed by atoms with van der Waals surface area (Å²) in [4.78, 5) is 31.7. The van der Waals surface area contributed by atoms with E-state index in [1.807, 2.05) is 4.90 Å². The monoisotopic (exact) mass is 421 g/mol. The standard InChI is InChI=1S/C22H26F3N3O2/c1-14-20(16(3)29)15(2)26-21(14)19(30)13-28-9-7-27(8-10-28)12-17-5-4-6-18(11-17)22(23,24)25/h4-6,11,26H,7-10,12-13H2,1-3H3. The number of piperazine rings is 1. The minimum Gasteiger partial charge on any atom is -0.355 e. The Hall–Kier alpha value is -2.45. The van der Waals surface area contributed by atoms with Crippen LogP contribution in [0, 0.1) is 13.8 Å². The predicted octanol–water partition coefficient (Wildman–Crippen LogP) is 3.85. The van der Waals surface area contributed by atoms with Crippen LogP contribution in [0.3, 0.4) is 0 Å². The number of H-pyrrole nitrogens is 1. The quantitative estimate of drug-likeness (QED) is 0.720. The highest BCUT2D eigenvalue weighted by Gasteiger charge is 2.30. The maximum absolute atomic E-state index is 12.9. The van der Waals surface area contributed by atoms with Gasteiger partial charge in [0.2, 0.25) is 0 Å². The molecule has 0 spiro atoms. The molecule has 1 aromatic heterocycles. The fourth-order valence-corrected chi connectivity index (χ4v) is 4.05. The van der Waals surface area contributed by atoms with Crippen LogP contribution in [0.25, 0.3) is 0 Å². The Balaban J connectivity index is 1.56. The third kappa shape index (κ3) is 4.99. The third-order valence-electron chi connectivity index (χ3n) is 5.56. The summed E-state index contributed by atoms with van der Waals surface area (Å²) in [6.07, 6.45) is -4.34. The van der Waals surface area contributed by atoms with Gasteiger partial charge in [-0.05, 0) is 38.0 Å². The molecule has 162 valence electrons. The molecule has 1 saturated heterocycles. The van der Waals surface area contributed by atoms with Crippen LogP contribution in [0.2, 0.25) is 0 Å². The van der Waals surface area contributed by atoms with Gasteiger partial charge in [-0.2, -0.15) is 13.2 Å². The van der Waals surface area contributed by atoms with Crippen molar-refractivity contribution in [2.75, 3.05) is 32.7 Å². The molecular weight excluding hydrogens is 395 g/mol. The number of Topliss-reactive ketones (excluding diaryl/α,β-unsaturated/α-hetero) is 2. The van der Waals surface area contributed by atoms with Crippen molar-refractivity contribution in [2.45, 2.75) is 33.5 Å². The molecule has 0 unspecified atom stereocenters. The van der Waals surface area contributed by atoms with E-state index in [1.165, 1.54) is 19.1 Å². The van der Waals surface area contributed by atoms with E-state index in [9.17, 15) is 22.8 Å². The van der Waals surface area contributed by atoms with Crippen molar-refractivity contribution in [2.24, 2.45) is 0 Å². The second kappa shape index (κ2) is 8.73. The molecule has 0 radical (unpaired) electrons. The van der Waals surface area contributed by atoms with Gasteiger partial charge >= 0.3 is 6.18 Å². The lowest BCUT2D eigenvalue weighted by Gasteiger charge is -2.34. The molecule has 1 fully saturated rings. The number of carbonyl (C=O) groups is 2. The molecule has 1 aliphatic heterocycles. The van der Waals surface area contributed by atoms with E-state index in [2.05, 4.69) is 9.88 Å². The summed E-state index contributed by atoms with van der Waals surface area (Å²) >= 11 is 0. The van der Waals surface area contributed by atoms with Crippen molar-refractivity contribution in [1.29, 1.82) is 0 Å². The minimum atomic E-state index is -4.34. The zero-order chi connectivity index (χ0) is 22.1. The van der Waals surface area contributed by atoms with Gasteiger partial charge in [0.05, 0.1) is 17.8 Å². The predicted molar refractivity (Wildman–Crippen MR) is 108 cm³/mol. The Bertz CT molecular complexity index is 942. The van der Waals surface area contributed by atoms with Gasteiger partial charge < -0.3 is 4.98 Å². The SMILES string of the molecule is CC(=O)c1c(C)[nH]c(C(=O)CN2CCN(Cc3cccc(C(F)(F)F)c3)CC2)c1C. The van der Waals surface area contributed by atoms with E-state index in [1.54, 1.807) is 19.9 Å². The van der Waals surface area contributed by atoms with Gasteiger partial charge in [-0.3, -0.25) is 19.4 Å². The van der Waals surface area contributed by atoms with Gasteiger partial charge in [-0.1, -0.05) is 18.2 Å². The average molecular weight is 421 g/mol. The minimum absolute atomic E-state index is 0.0607. The molecule has 0 atom stereocenters. The van der Waals surface area contributed by atoms with Crippen molar-refractivity contribution in [3.8, 4) is 0 Å². The van der Waals surface area contributed by atoms with Crippen molar-refractivity contribution >= 4 is 11.6 Å². The number of alkyl halides is 3. The van der Waals surface area contributed by atoms with Crippen LogP contribution >= 0.6 is 0 Å². The third-order valence-corrected chi connectivity index (χ3v) is 5.56. The van der Waals surface area contributed by atoms with Gasteiger partial charge in [0.1, 0.15) is 0 Å². The Morgan fingerprint density at radius 3 is 2.27 bits per heavy atom. The van der Waals surface area contributed by atoms with E-state index in [4.69, 9.17) is 0 Å². The fraction of sp³-hybridized carbons (Fsp3) is 0.455. The van der Waals surface area contributed by atoms with E-state index in [0.29, 0.717) is 60.8 Å². The summed E-state index contributed by atoms with van der Waals surface area (Å²) in [6.45, 7) is 8.40. The summed E-state index contributed by atoms with van der Waals surface area (Å²) in [5, 5.41) is 0. The van der Waals surface area contributed by atoms with Crippen LogP contribution in [0.1, 0.15) is 50.2 Å². The lowest BCUT2D eigenvalue weighted by molar-refractivity contribution is -0.137. The number of hydrogen-bond donors (Lipinski definition) is 1. The van der Waals surface area contributed by atoms with Crippen LogP contribution in [0.15, 0.2) is 24.3 Å². The lowest BCUT2D eigenvalue weighted by Crippen LogP contribution is -2.47. The van der Waals surface area contributed by atoms with Crippen molar-refractivity contribution in [3.63, 3.8) is 0 Å². The number of aromatic nitrogens is 1. The largest absolute Gasteiger partial charge is 0.416 e. The van der Waals surface area contributed by atoms with Crippen molar-refractivity contribution < 1.29 is 22.8 Å². The maximum atomic E-state index is 12.9. The molecule has 2 heterocycles. The van der Waals surface area contributed by atoms with Crippen LogP contribution in [-0.4, -0.2) is 59.1 Å². The number of rotatable bonds is 6. The highest BCUT2D eigenvalue weighted by molar-refractivity contribution is 6.03. The molecule has 3 rings (SSSR count). The zero-order valence-corrected chi connectivity index (χ0v) is 17.4. The van der Waals surface area contributed by atoms with Crippen LogP contribution in [0.5, 0.6) is 0 Å². The van der Waals surface area contributed by atoms with Gasteiger partial charge in [-0.15, -0.1) is 0 Å². The first-order chi connectivity index (χ1) is 14.1. The first-order valence-corrected chi connectivity index (χ1v) is 9.90. The molecule has 1 aliphatic rings. The van der Waals surface area contributed by atoms with Gasteiger partial charge in [0.15, 0.2) is 11.6 Å². The van der Waals surface area contributed by atoms with E-state index in [0.717, 1.165) is 6.07 Å². The Kier molecular flexibility index (Phi) is 6.47. The Labute approximate surface area is 173 Å². The number of nitrogens with one attached hydrogen (secondary N) is 1. The summed E-state index contributed by atoms with van der Waals surface area (Å²) < 4.78 is 38.7. The number of aryl methyl sites for hydroxylation is 1. The second-order valence-electron chi connectivity index (χ2n) is 7.85. The van der Waals surface area contributed by atoms with Gasteiger partial charge in [0, 0.05) is 44.0 Å². The number of hydrogen-bond acceptors (Lipinski definition) is 4. The molecule has 30 heavy (non-hydrogen) atoms. The summed E-state index contributed by atoms with van der Waals surface area (Å²) in [5.41, 5.74) is 2.44. The van der Waals surface area contributed by atoms with Crippen molar-refractivity contribution in [1.82, 2.24) is 14.8 Å². The Morgan fingerprint density at radius 2 is 1.70 bits per heavy atom. The maximum Gasteiger partial charge on any atom is 0.416 e. The number of halogens is 3. The molecule has 0 amide bonds. The normalized spacial score (nSPS) is 16.1. The summed E-state index contributed by atoms with van der Waals surface area (Å²) in [6, 6.07) is 5.41. The number of benzene rings is 1. The number of aromatic amines is 1. The molecule has 0 saturated carbocycles. The Morgan fingerprint density at radius 1 is 1.07 bits per heavy atom. The van der Waals surface area contributed by atoms with Gasteiger partial charge in [0.25, 0.3) is 0 Å².